The van der Waals surface area contributed by atoms with Crippen LogP contribution in [0, 0.1) is 13.8 Å². The molecule has 40 heavy (non-hydrogen) atoms. The van der Waals surface area contributed by atoms with Crippen molar-refractivity contribution < 1.29 is 14.0 Å². The minimum Gasteiger partial charge on any atom is -0.348 e. The van der Waals surface area contributed by atoms with Gasteiger partial charge < -0.3 is 14.8 Å². The summed E-state index contributed by atoms with van der Waals surface area (Å²) in [6.45, 7) is 13.1. The van der Waals surface area contributed by atoms with Gasteiger partial charge in [-0.2, -0.15) is 0 Å². The number of benzene rings is 1. The van der Waals surface area contributed by atoms with Gasteiger partial charge in [-0.25, -0.2) is 14.4 Å². The Hall–Kier alpha value is -4.08. The van der Waals surface area contributed by atoms with Crippen molar-refractivity contribution in [3.8, 4) is 0 Å². The maximum absolute atomic E-state index is 14.0. The maximum atomic E-state index is 14.0. The lowest BCUT2D eigenvalue weighted by atomic mass is 9.99. The average molecular weight is 551 g/mol. The van der Waals surface area contributed by atoms with Gasteiger partial charge in [0, 0.05) is 19.0 Å². The lowest BCUT2D eigenvalue weighted by molar-refractivity contribution is -0.144. The van der Waals surface area contributed by atoms with Crippen LogP contribution >= 0.6 is 0 Å². The molecule has 2 amide bonds. The van der Waals surface area contributed by atoms with Gasteiger partial charge >= 0.3 is 0 Å². The van der Waals surface area contributed by atoms with Crippen LogP contribution in [0.15, 0.2) is 41.3 Å². The normalized spacial score (nSPS) is 13.6. The van der Waals surface area contributed by atoms with Gasteiger partial charge in [-0.1, -0.05) is 57.5 Å². The highest BCUT2D eigenvalue weighted by atomic mass is 19.1. The van der Waals surface area contributed by atoms with E-state index in [9.17, 15) is 18.8 Å². The molecule has 0 bridgehead atoms. The second-order valence-electron chi connectivity index (χ2n) is 9.73. The fraction of sp³-hybridized carbons (Fsp3) is 0.433. The van der Waals surface area contributed by atoms with Gasteiger partial charge in [-0.15, -0.1) is 0 Å². The van der Waals surface area contributed by atoms with Crippen molar-refractivity contribution in [2.45, 2.75) is 67.2 Å². The highest BCUT2D eigenvalue weighted by molar-refractivity contribution is 6.05. The molecule has 1 saturated heterocycles. The van der Waals surface area contributed by atoms with Crippen LogP contribution < -0.4 is 10.9 Å². The van der Waals surface area contributed by atoms with Crippen LogP contribution in [0.25, 0.3) is 22.1 Å². The number of amides is 2. The van der Waals surface area contributed by atoms with Crippen molar-refractivity contribution in [1.82, 2.24) is 29.3 Å². The smallest absolute Gasteiger partial charge is 0.265 e. The number of pyridine rings is 2. The van der Waals surface area contributed by atoms with Gasteiger partial charge in [0.15, 0.2) is 0 Å². The minimum absolute atomic E-state index is 0.0339. The molecule has 4 aromatic rings. The van der Waals surface area contributed by atoms with Crippen molar-refractivity contribution in [3.05, 3.63) is 69.4 Å². The van der Waals surface area contributed by atoms with E-state index in [0.717, 1.165) is 17.0 Å². The van der Waals surface area contributed by atoms with Gasteiger partial charge in [-0.3, -0.25) is 19.0 Å². The molecule has 0 saturated carbocycles. The summed E-state index contributed by atoms with van der Waals surface area (Å²) in [7, 11) is 1.84. The molecule has 1 aromatic carbocycles. The standard InChI is InChI=1S/C26H27FN6O3.2C2H6/c1-15-5-7-17(8-6-15)10-29-24(35)19-9-18-22-20(30-16(2)31(22)4)11-28-23(18)33(25(19)36)12-21(34)32-13-26(3,27)14-32;2*1-2/h5-9,11H,10,12-14H2,1-4H3,(H,29,35);2*1-2H3. The Labute approximate surface area is 234 Å². The number of aromatic nitrogens is 4. The number of nitrogens with zero attached hydrogens (tertiary/aromatic N) is 5. The number of likely N-dealkylation sites (tertiary alicyclic amines) is 1. The molecule has 214 valence electrons. The van der Waals surface area contributed by atoms with Gasteiger partial charge in [0.2, 0.25) is 5.91 Å². The van der Waals surface area contributed by atoms with E-state index in [0.29, 0.717) is 16.4 Å². The third-order valence-corrected chi connectivity index (χ3v) is 6.68. The van der Waals surface area contributed by atoms with Crippen LogP contribution in [0.3, 0.4) is 0 Å². The first-order chi connectivity index (χ1) is 19.0. The molecule has 1 fully saturated rings. The SMILES string of the molecule is CC.CC.Cc1ccc(CNC(=O)c2cc3c4c(cnc3n(CC(=O)N3CC(C)(F)C3)c2=O)nc(C)n4C)cc1. The van der Waals surface area contributed by atoms with Gasteiger partial charge in [0.1, 0.15) is 34.8 Å². The van der Waals surface area contributed by atoms with E-state index in [1.807, 2.05) is 77.4 Å². The molecule has 0 unspecified atom stereocenters. The van der Waals surface area contributed by atoms with Gasteiger partial charge in [-0.05, 0) is 32.4 Å². The zero-order valence-corrected chi connectivity index (χ0v) is 24.6. The number of hydrogen-bond acceptors (Lipinski definition) is 5. The summed E-state index contributed by atoms with van der Waals surface area (Å²) in [6, 6.07) is 9.22. The summed E-state index contributed by atoms with van der Waals surface area (Å²) >= 11 is 0. The number of fused-ring (bicyclic) bond motifs is 3. The molecule has 9 nitrogen and oxygen atoms in total. The molecule has 5 rings (SSSR count). The zero-order chi connectivity index (χ0) is 29.8. The lowest BCUT2D eigenvalue weighted by Gasteiger charge is -2.42. The Bertz CT molecular complexity index is 1580. The second kappa shape index (κ2) is 12.4. The molecule has 1 aliphatic rings. The first-order valence-corrected chi connectivity index (χ1v) is 13.7. The van der Waals surface area contributed by atoms with Gasteiger partial charge in [0.25, 0.3) is 11.5 Å². The van der Waals surface area contributed by atoms with E-state index < -0.39 is 23.0 Å². The van der Waals surface area contributed by atoms with Crippen molar-refractivity contribution >= 4 is 33.9 Å². The molecule has 10 heteroatoms. The van der Waals surface area contributed by atoms with E-state index in [1.54, 1.807) is 6.20 Å². The van der Waals surface area contributed by atoms with Crippen molar-refractivity contribution in [1.29, 1.82) is 0 Å². The predicted octanol–water partition coefficient (Wildman–Crippen LogP) is 4.45. The van der Waals surface area contributed by atoms with E-state index >= 15 is 0 Å². The van der Waals surface area contributed by atoms with Crippen LogP contribution in [0.4, 0.5) is 4.39 Å². The first kappa shape index (κ1) is 30.5. The topological polar surface area (TPSA) is 102 Å². The number of aryl methyl sites for hydroxylation is 3. The monoisotopic (exact) mass is 550 g/mol. The Morgan fingerprint density at radius 2 is 1.70 bits per heavy atom. The Morgan fingerprint density at radius 3 is 2.30 bits per heavy atom. The van der Waals surface area contributed by atoms with Crippen LogP contribution in [-0.4, -0.2) is 54.6 Å². The minimum atomic E-state index is -1.43. The van der Waals surface area contributed by atoms with Gasteiger partial charge in [0.05, 0.1) is 24.8 Å². The highest BCUT2D eigenvalue weighted by Gasteiger charge is 2.41. The van der Waals surface area contributed by atoms with Crippen LogP contribution in [0.5, 0.6) is 0 Å². The fourth-order valence-electron chi connectivity index (χ4n) is 4.59. The summed E-state index contributed by atoms with van der Waals surface area (Å²) < 4.78 is 17.0. The Morgan fingerprint density at radius 1 is 1.07 bits per heavy atom. The van der Waals surface area contributed by atoms with Crippen molar-refractivity contribution in [3.63, 3.8) is 0 Å². The molecule has 0 spiro atoms. The number of nitrogens with one attached hydrogen (secondary N) is 1. The van der Waals surface area contributed by atoms with Crippen LogP contribution in [-0.2, 0) is 24.9 Å². The largest absolute Gasteiger partial charge is 0.348 e. The third-order valence-electron chi connectivity index (χ3n) is 6.68. The number of imidazole rings is 1. The molecule has 0 atom stereocenters. The van der Waals surface area contributed by atoms with E-state index in [4.69, 9.17) is 0 Å². The second-order valence-corrected chi connectivity index (χ2v) is 9.73. The summed E-state index contributed by atoms with van der Waals surface area (Å²) in [6.07, 6.45) is 1.55. The molecular weight excluding hydrogens is 511 g/mol. The third kappa shape index (κ3) is 6.05. The fourth-order valence-corrected chi connectivity index (χ4v) is 4.59. The highest BCUT2D eigenvalue weighted by Crippen LogP contribution is 2.26. The van der Waals surface area contributed by atoms with Crippen molar-refractivity contribution in [2.24, 2.45) is 7.05 Å². The van der Waals surface area contributed by atoms with Crippen LogP contribution in [0.2, 0.25) is 0 Å². The molecular formula is C30H39FN6O3. The molecule has 1 N–H and O–H groups in total. The average Bonchev–Trinajstić information content (AvgIpc) is 3.23. The molecule has 0 aliphatic carbocycles. The maximum Gasteiger partial charge on any atom is 0.265 e. The summed E-state index contributed by atoms with van der Waals surface area (Å²) in [4.78, 5) is 49.8. The number of carbonyl (C=O) groups is 2. The summed E-state index contributed by atoms with van der Waals surface area (Å²) in [5.74, 6) is -0.227. The van der Waals surface area contributed by atoms with E-state index in [1.165, 1.54) is 22.5 Å². The van der Waals surface area contributed by atoms with Crippen LogP contribution in [0.1, 0.15) is 61.9 Å². The molecule has 4 heterocycles. The number of halogens is 1. The number of hydrogen-bond donors (Lipinski definition) is 1. The summed E-state index contributed by atoms with van der Waals surface area (Å²) in [5.41, 5.74) is 1.40. The molecule has 1 aliphatic heterocycles. The quantitative estimate of drug-likeness (QED) is 0.396. The first-order valence-electron chi connectivity index (χ1n) is 13.7. The lowest BCUT2D eigenvalue weighted by Crippen LogP contribution is -2.60. The molecule has 3 aromatic heterocycles. The van der Waals surface area contributed by atoms with Crippen molar-refractivity contribution in [2.75, 3.05) is 13.1 Å². The Balaban J connectivity index is 0.00000106. The number of alkyl halides is 1. The number of carbonyl (C=O) groups excluding carboxylic acids is 2. The Kier molecular flexibility index (Phi) is 9.44. The van der Waals surface area contributed by atoms with E-state index in [2.05, 4.69) is 15.3 Å². The molecule has 0 radical (unpaired) electrons. The number of rotatable bonds is 5. The van der Waals surface area contributed by atoms with E-state index in [-0.39, 0.29) is 37.4 Å². The predicted molar refractivity (Wildman–Crippen MR) is 156 cm³/mol. The summed E-state index contributed by atoms with van der Waals surface area (Å²) in [5, 5.41) is 3.33. The zero-order valence-electron chi connectivity index (χ0n) is 24.6.